The summed E-state index contributed by atoms with van der Waals surface area (Å²) >= 11 is 0. The van der Waals surface area contributed by atoms with Crippen molar-refractivity contribution in [3.05, 3.63) is 0 Å². The fraction of sp³-hybridized carbons (Fsp3) is 0.750. The van der Waals surface area contributed by atoms with E-state index in [2.05, 4.69) is 5.32 Å². The van der Waals surface area contributed by atoms with E-state index in [1.165, 1.54) is 0 Å². The smallest absolute Gasteiger partial charge is 0.305 e. The van der Waals surface area contributed by atoms with E-state index in [1.807, 2.05) is 0 Å². The Morgan fingerprint density at radius 3 is 2.31 bits per heavy atom. The Morgan fingerprint density at radius 2 is 2.00 bits per heavy atom. The number of carbonyl (C=O) groups excluding carboxylic acids is 1. The van der Waals surface area contributed by atoms with E-state index in [4.69, 9.17) is 10.8 Å². The molecule has 0 saturated heterocycles. The van der Waals surface area contributed by atoms with Crippen molar-refractivity contribution >= 4 is 11.9 Å². The van der Waals surface area contributed by atoms with Crippen molar-refractivity contribution in [2.45, 2.75) is 38.8 Å². The predicted molar refractivity (Wildman–Crippen MR) is 48.1 cm³/mol. The molecule has 0 heterocycles. The summed E-state index contributed by atoms with van der Waals surface area (Å²) in [5.41, 5.74) is 4.56. The maximum atomic E-state index is 11.1. The monoisotopic (exact) mass is 188 g/mol. The van der Waals surface area contributed by atoms with E-state index in [-0.39, 0.29) is 12.3 Å². The summed E-state index contributed by atoms with van der Waals surface area (Å²) < 4.78 is 0. The molecule has 0 aromatic rings. The van der Waals surface area contributed by atoms with Crippen LogP contribution in [0.4, 0.5) is 0 Å². The van der Waals surface area contributed by atoms with Crippen molar-refractivity contribution in [3.8, 4) is 0 Å². The van der Waals surface area contributed by atoms with Gasteiger partial charge in [0.25, 0.3) is 0 Å². The van der Waals surface area contributed by atoms with Crippen LogP contribution >= 0.6 is 0 Å². The highest BCUT2D eigenvalue weighted by atomic mass is 16.4. The van der Waals surface area contributed by atoms with Gasteiger partial charge < -0.3 is 16.2 Å². The highest BCUT2D eigenvalue weighted by molar-refractivity contribution is 5.82. The molecular weight excluding hydrogens is 172 g/mol. The van der Waals surface area contributed by atoms with Crippen molar-refractivity contribution in [3.63, 3.8) is 0 Å². The van der Waals surface area contributed by atoms with E-state index < -0.39 is 17.6 Å². The number of amides is 1. The fourth-order valence-electron chi connectivity index (χ4n) is 0.870. The largest absolute Gasteiger partial charge is 0.481 e. The van der Waals surface area contributed by atoms with Gasteiger partial charge >= 0.3 is 5.97 Å². The van der Waals surface area contributed by atoms with Gasteiger partial charge in [-0.25, -0.2) is 0 Å². The number of hydrogen-bond donors (Lipinski definition) is 3. The molecule has 0 fully saturated rings. The SMILES string of the molecule is C[C@@H](N)C(=O)NC(C)(C)CC(=O)O. The fourth-order valence-corrected chi connectivity index (χ4v) is 0.870. The number of nitrogens with two attached hydrogens (primary N) is 1. The lowest BCUT2D eigenvalue weighted by atomic mass is 10.0. The Balaban J connectivity index is 4.16. The number of rotatable bonds is 4. The highest BCUT2D eigenvalue weighted by Crippen LogP contribution is 2.07. The number of aliphatic carboxylic acids is 1. The molecule has 1 amide bonds. The number of carbonyl (C=O) groups is 2. The number of carboxylic acid groups (broad SMARTS) is 1. The second-order valence-electron chi connectivity index (χ2n) is 3.73. The Kier molecular flexibility index (Phi) is 3.87. The maximum Gasteiger partial charge on any atom is 0.305 e. The first-order valence-electron chi connectivity index (χ1n) is 4.04. The minimum atomic E-state index is -0.949. The zero-order valence-corrected chi connectivity index (χ0v) is 8.13. The van der Waals surface area contributed by atoms with Crippen LogP contribution in [0.25, 0.3) is 0 Å². The first-order valence-corrected chi connectivity index (χ1v) is 4.04. The summed E-state index contributed by atoms with van der Waals surface area (Å²) in [5.74, 6) is -1.29. The quantitative estimate of drug-likeness (QED) is 0.565. The lowest BCUT2D eigenvalue weighted by Crippen LogP contribution is -2.50. The van der Waals surface area contributed by atoms with Gasteiger partial charge in [0.05, 0.1) is 12.5 Å². The van der Waals surface area contributed by atoms with Crippen LogP contribution in [-0.4, -0.2) is 28.6 Å². The second kappa shape index (κ2) is 4.23. The van der Waals surface area contributed by atoms with Gasteiger partial charge in [-0.15, -0.1) is 0 Å². The molecule has 0 unspecified atom stereocenters. The minimum absolute atomic E-state index is 0.120. The molecule has 13 heavy (non-hydrogen) atoms. The van der Waals surface area contributed by atoms with Crippen LogP contribution in [0.1, 0.15) is 27.2 Å². The van der Waals surface area contributed by atoms with E-state index in [9.17, 15) is 9.59 Å². The first-order chi connectivity index (χ1) is 5.74. The summed E-state index contributed by atoms with van der Waals surface area (Å²) in [7, 11) is 0. The molecule has 0 aliphatic heterocycles. The molecule has 4 N–H and O–H groups in total. The molecule has 0 aliphatic rings. The molecule has 0 spiro atoms. The van der Waals surface area contributed by atoms with Crippen molar-refractivity contribution in [1.29, 1.82) is 0 Å². The van der Waals surface area contributed by atoms with Gasteiger partial charge in [-0.3, -0.25) is 9.59 Å². The summed E-state index contributed by atoms with van der Waals surface area (Å²) in [6.45, 7) is 4.83. The number of carboxylic acids is 1. The molecule has 0 bridgehead atoms. The molecule has 0 aromatic carbocycles. The average Bonchev–Trinajstić information content (AvgIpc) is 1.81. The third-order valence-electron chi connectivity index (χ3n) is 1.47. The predicted octanol–water partition coefficient (Wildman–Crippen LogP) is -0.297. The van der Waals surface area contributed by atoms with E-state index in [0.29, 0.717) is 0 Å². The molecule has 0 aliphatic carbocycles. The molecule has 0 aromatic heterocycles. The molecule has 0 radical (unpaired) electrons. The molecule has 1 atom stereocenters. The van der Waals surface area contributed by atoms with E-state index in [1.54, 1.807) is 20.8 Å². The third kappa shape index (κ3) is 5.19. The minimum Gasteiger partial charge on any atom is -0.481 e. The van der Waals surface area contributed by atoms with Crippen molar-refractivity contribution < 1.29 is 14.7 Å². The number of hydrogen-bond acceptors (Lipinski definition) is 3. The van der Waals surface area contributed by atoms with E-state index in [0.717, 1.165) is 0 Å². The third-order valence-corrected chi connectivity index (χ3v) is 1.47. The lowest BCUT2D eigenvalue weighted by Gasteiger charge is -2.25. The van der Waals surface area contributed by atoms with Crippen molar-refractivity contribution in [2.24, 2.45) is 5.73 Å². The van der Waals surface area contributed by atoms with Crippen LogP contribution in [0.5, 0.6) is 0 Å². The van der Waals surface area contributed by atoms with Crippen LogP contribution in [0, 0.1) is 0 Å². The second-order valence-corrected chi connectivity index (χ2v) is 3.73. The summed E-state index contributed by atoms with van der Waals surface area (Å²) in [5, 5.41) is 11.1. The maximum absolute atomic E-state index is 11.1. The first kappa shape index (κ1) is 11.9. The van der Waals surface area contributed by atoms with Crippen molar-refractivity contribution in [2.75, 3.05) is 0 Å². The average molecular weight is 188 g/mol. The molecule has 5 heteroatoms. The zero-order valence-electron chi connectivity index (χ0n) is 8.13. The van der Waals surface area contributed by atoms with Crippen LogP contribution in [0.3, 0.4) is 0 Å². The van der Waals surface area contributed by atoms with Crippen LogP contribution in [0.15, 0.2) is 0 Å². The highest BCUT2D eigenvalue weighted by Gasteiger charge is 2.24. The lowest BCUT2D eigenvalue weighted by molar-refractivity contribution is -0.138. The Hall–Kier alpha value is -1.10. The van der Waals surface area contributed by atoms with Crippen molar-refractivity contribution in [1.82, 2.24) is 5.32 Å². The Bertz CT molecular complexity index is 211. The summed E-state index contributed by atoms with van der Waals surface area (Å²) in [4.78, 5) is 21.5. The standard InChI is InChI=1S/C8H16N2O3/c1-5(9)7(13)10-8(2,3)4-6(11)12/h5H,4,9H2,1-3H3,(H,10,13)(H,11,12)/t5-/m1/s1. The zero-order chi connectivity index (χ0) is 10.6. The molecule has 0 saturated carbocycles. The normalized spacial score (nSPS) is 13.5. The molecule has 5 nitrogen and oxygen atoms in total. The van der Waals surface area contributed by atoms with E-state index >= 15 is 0 Å². The van der Waals surface area contributed by atoms with Crippen LogP contribution < -0.4 is 11.1 Å². The Morgan fingerprint density at radius 1 is 1.54 bits per heavy atom. The summed E-state index contributed by atoms with van der Waals surface area (Å²) in [6.07, 6.45) is -0.120. The van der Waals surface area contributed by atoms with Gasteiger partial charge in [0.15, 0.2) is 0 Å². The summed E-state index contributed by atoms with van der Waals surface area (Å²) in [6, 6.07) is -0.618. The van der Waals surface area contributed by atoms with Gasteiger partial charge in [-0.2, -0.15) is 0 Å². The van der Waals surface area contributed by atoms with Crippen LogP contribution in [-0.2, 0) is 9.59 Å². The van der Waals surface area contributed by atoms with Gasteiger partial charge in [-0.05, 0) is 20.8 Å². The molecular formula is C8H16N2O3. The number of nitrogens with one attached hydrogen (secondary N) is 1. The topological polar surface area (TPSA) is 92.4 Å². The van der Waals surface area contributed by atoms with Gasteiger partial charge in [0.2, 0.25) is 5.91 Å². The molecule has 76 valence electrons. The Labute approximate surface area is 77.3 Å². The molecule has 0 rings (SSSR count). The van der Waals surface area contributed by atoms with Gasteiger partial charge in [0, 0.05) is 5.54 Å². The van der Waals surface area contributed by atoms with Gasteiger partial charge in [0.1, 0.15) is 0 Å². The van der Waals surface area contributed by atoms with Crippen LogP contribution in [0.2, 0.25) is 0 Å². The van der Waals surface area contributed by atoms with Gasteiger partial charge in [-0.1, -0.05) is 0 Å².